The van der Waals surface area contributed by atoms with E-state index >= 15 is 0 Å². The second-order valence-corrected chi connectivity index (χ2v) is 5.17. The molecule has 1 aliphatic heterocycles. The predicted octanol–water partition coefficient (Wildman–Crippen LogP) is 3.34. The van der Waals surface area contributed by atoms with Crippen LogP contribution < -0.4 is 5.32 Å². The number of halogens is 3. The third-order valence-corrected chi connectivity index (χ3v) is 3.68. The summed E-state index contributed by atoms with van der Waals surface area (Å²) in [6.45, 7) is 2.04. The van der Waals surface area contributed by atoms with Crippen LogP contribution in [-0.4, -0.2) is 18.1 Å². The molecule has 1 atom stereocenters. The Kier molecular flexibility index (Phi) is 3.01. The zero-order valence-electron chi connectivity index (χ0n) is 10.3. The first kappa shape index (κ1) is 12.5. The molecule has 1 aromatic heterocycles. The Hall–Kier alpha value is -1.49. The quantitative estimate of drug-likeness (QED) is 0.859. The fourth-order valence-corrected chi connectivity index (χ4v) is 2.68. The van der Waals surface area contributed by atoms with Crippen LogP contribution >= 0.6 is 0 Å². The first-order chi connectivity index (χ1) is 9.02. The molecule has 1 aromatic carbocycles. The standard InChI is InChI=1S/C14H15F3N2/c15-14(16,17)13-7-11-6-9(1-2-12(11)19-13)5-10-3-4-18-8-10/h1-2,6-7,10,18-19H,3-5,8H2. The predicted molar refractivity (Wildman–Crippen MR) is 68.0 cm³/mol. The maximum Gasteiger partial charge on any atom is 0.431 e. The SMILES string of the molecule is FC(F)(F)c1cc2cc(CC3CCNC3)ccc2[nH]1. The lowest BCUT2D eigenvalue weighted by Crippen LogP contribution is -2.10. The molecule has 2 N–H and O–H groups in total. The summed E-state index contributed by atoms with van der Waals surface area (Å²) in [6, 6.07) is 6.70. The summed E-state index contributed by atoms with van der Waals surface area (Å²) < 4.78 is 37.8. The van der Waals surface area contributed by atoms with Crippen molar-refractivity contribution in [2.24, 2.45) is 5.92 Å². The van der Waals surface area contributed by atoms with Crippen molar-refractivity contribution in [2.45, 2.75) is 19.0 Å². The normalized spacial score (nSPS) is 20.3. The van der Waals surface area contributed by atoms with E-state index < -0.39 is 11.9 Å². The number of hydrogen-bond acceptors (Lipinski definition) is 1. The first-order valence-electron chi connectivity index (χ1n) is 6.42. The lowest BCUT2D eigenvalue weighted by atomic mass is 9.98. The van der Waals surface area contributed by atoms with Crippen LogP contribution in [0.15, 0.2) is 24.3 Å². The van der Waals surface area contributed by atoms with Crippen molar-refractivity contribution >= 4 is 10.9 Å². The van der Waals surface area contributed by atoms with Crippen LogP contribution in [0.3, 0.4) is 0 Å². The van der Waals surface area contributed by atoms with Gasteiger partial charge in [0.15, 0.2) is 0 Å². The number of alkyl halides is 3. The molecule has 2 heterocycles. The van der Waals surface area contributed by atoms with Gasteiger partial charge in [0.05, 0.1) is 0 Å². The van der Waals surface area contributed by atoms with E-state index in [4.69, 9.17) is 0 Å². The van der Waals surface area contributed by atoms with Crippen molar-refractivity contribution in [1.29, 1.82) is 0 Å². The maximum atomic E-state index is 12.6. The zero-order chi connectivity index (χ0) is 13.5. The molecule has 102 valence electrons. The van der Waals surface area contributed by atoms with Gasteiger partial charge in [-0.25, -0.2) is 0 Å². The minimum atomic E-state index is -4.31. The van der Waals surface area contributed by atoms with E-state index in [1.165, 1.54) is 6.07 Å². The van der Waals surface area contributed by atoms with Gasteiger partial charge >= 0.3 is 6.18 Å². The molecule has 0 bridgehead atoms. The van der Waals surface area contributed by atoms with E-state index in [2.05, 4.69) is 10.3 Å². The van der Waals surface area contributed by atoms with E-state index in [1.807, 2.05) is 12.1 Å². The van der Waals surface area contributed by atoms with Crippen LogP contribution in [0.5, 0.6) is 0 Å². The molecule has 0 aliphatic carbocycles. The summed E-state index contributed by atoms with van der Waals surface area (Å²) in [5.74, 6) is 0.596. The average molecular weight is 268 g/mol. The molecule has 19 heavy (non-hydrogen) atoms. The molecular weight excluding hydrogens is 253 g/mol. The number of hydrogen-bond donors (Lipinski definition) is 2. The molecule has 0 amide bonds. The molecule has 1 saturated heterocycles. The van der Waals surface area contributed by atoms with Crippen molar-refractivity contribution in [1.82, 2.24) is 10.3 Å². The molecule has 1 aliphatic rings. The summed E-state index contributed by atoms with van der Waals surface area (Å²) in [7, 11) is 0. The fourth-order valence-electron chi connectivity index (χ4n) is 2.68. The summed E-state index contributed by atoms with van der Waals surface area (Å²) >= 11 is 0. The van der Waals surface area contributed by atoms with Crippen molar-refractivity contribution in [3.8, 4) is 0 Å². The number of fused-ring (bicyclic) bond motifs is 1. The highest BCUT2D eigenvalue weighted by Gasteiger charge is 2.32. The number of aromatic amines is 1. The van der Waals surface area contributed by atoms with Gasteiger partial charge in [-0.15, -0.1) is 0 Å². The molecule has 1 unspecified atom stereocenters. The van der Waals surface area contributed by atoms with Crippen LogP contribution in [-0.2, 0) is 12.6 Å². The van der Waals surface area contributed by atoms with Gasteiger partial charge in [0.2, 0.25) is 0 Å². The number of H-pyrrole nitrogens is 1. The van der Waals surface area contributed by atoms with Gasteiger partial charge < -0.3 is 10.3 Å². The molecule has 1 fully saturated rings. The van der Waals surface area contributed by atoms with Gasteiger partial charge in [-0.1, -0.05) is 6.07 Å². The van der Waals surface area contributed by atoms with Crippen LogP contribution in [0.2, 0.25) is 0 Å². The van der Waals surface area contributed by atoms with Gasteiger partial charge in [-0.2, -0.15) is 13.2 Å². The van der Waals surface area contributed by atoms with Gasteiger partial charge in [-0.3, -0.25) is 0 Å². The molecule has 2 nitrogen and oxygen atoms in total. The van der Waals surface area contributed by atoms with E-state index in [1.54, 1.807) is 6.07 Å². The van der Waals surface area contributed by atoms with E-state index in [9.17, 15) is 13.2 Å². The van der Waals surface area contributed by atoms with Gasteiger partial charge in [0.1, 0.15) is 5.69 Å². The summed E-state index contributed by atoms with van der Waals surface area (Å²) in [5.41, 5.74) is 0.969. The highest BCUT2D eigenvalue weighted by atomic mass is 19.4. The zero-order valence-corrected chi connectivity index (χ0v) is 10.3. The Morgan fingerprint density at radius 2 is 2.05 bits per heavy atom. The number of rotatable bonds is 2. The van der Waals surface area contributed by atoms with E-state index in [-0.39, 0.29) is 0 Å². The van der Waals surface area contributed by atoms with Gasteiger partial charge in [0.25, 0.3) is 0 Å². The van der Waals surface area contributed by atoms with E-state index in [0.29, 0.717) is 16.8 Å². The monoisotopic (exact) mass is 268 g/mol. The molecular formula is C14H15F3N2. The number of nitrogens with one attached hydrogen (secondary N) is 2. The first-order valence-corrected chi connectivity index (χ1v) is 6.42. The van der Waals surface area contributed by atoms with Crippen LogP contribution in [0, 0.1) is 5.92 Å². The maximum absolute atomic E-state index is 12.6. The molecule has 0 radical (unpaired) electrons. The third-order valence-electron chi connectivity index (χ3n) is 3.68. The number of aromatic nitrogens is 1. The van der Waals surface area contributed by atoms with Gasteiger partial charge in [0, 0.05) is 10.9 Å². The number of benzene rings is 1. The Balaban J connectivity index is 1.87. The lowest BCUT2D eigenvalue weighted by molar-refractivity contribution is -0.140. The minimum absolute atomic E-state index is 0.542. The summed E-state index contributed by atoms with van der Waals surface area (Å²) in [6.07, 6.45) is -2.25. The second kappa shape index (κ2) is 4.56. The average Bonchev–Trinajstić information content (AvgIpc) is 2.95. The minimum Gasteiger partial charge on any atom is -0.351 e. The molecule has 0 saturated carbocycles. The summed E-state index contributed by atoms with van der Waals surface area (Å²) in [4.78, 5) is 2.42. The Bertz CT molecular complexity index is 580. The lowest BCUT2D eigenvalue weighted by Gasteiger charge is -2.07. The Morgan fingerprint density at radius 1 is 1.21 bits per heavy atom. The van der Waals surface area contributed by atoms with E-state index in [0.717, 1.165) is 31.5 Å². The largest absolute Gasteiger partial charge is 0.431 e. The van der Waals surface area contributed by atoms with Crippen molar-refractivity contribution in [2.75, 3.05) is 13.1 Å². The van der Waals surface area contributed by atoms with Gasteiger partial charge in [-0.05, 0) is 55.6 Å². The highest BCUT2D eigenvalue weighted by Crippen LogP contribution is 2.31. The molecule has 3 rings (SSSR count). The van der Waals surface area contributed by atoms with Crippen LogP contribution in [0.25, 0.3) is 10.9 Å². The molecule has 0 spiro atoms. The third kappa shape index (κ3) is 2.61. The summed E-state index contributed by atoms with van der Waals surface area (Å²) in [5, 5.41) is 3.93. The highest BCUT2D eigenvalue weighted by molar-refractivity contribution is 5.81. The molecule has 2 aromatic rings. The second-order valence-electron chi connectivity index (χ2n) is 5.17. The van der Waals surface area contributed by atoms with Crippen molar-refractivity contribution in [3.05, 3.63) is 35.5 Å². The Labute approximate surface area is 109 Å². The van der Waals surface area contributed by atoms with Crippen LogP contribution in [0.4, 0.5) is 13.2 Å². The Morgan fingerprint density at radius 3 is 2.74 bits per heavy atom. The smallest absolute Gasteiger partial charge is 0.351 e. The van der Waals surface area contributed by atoms with Crippen molar-refractivity contribution in [3.63, 3.8) is 0 Å². The van der Waals surface area contributed by atoms with Crippen molar-refractivity contribution < 1.29 is 13.2 Å². The fraction of sp³-hybridized carbons (Fsp3) is 0.429. The molecule has 5 heteroatoms. The van der Waals surface area contributed by atoms with Crippen LogP contribution in [0.1, 0.15) is 17.7 Å². The topological polar surface area (TPSA) is 27.8 Å².